The van der Waals surface area contributed by atoms with Crippen LogP contribution in [0.25, 0.3) is 0 Å². The van der Waals surface area contributed by atoms with E-state index in [-0.39, 0.29) is 6.17 Å². The highest BCUT2D eigenvalue weighted by Crippen LogP contribution is 2.45. The van der Waals surface area contributed by atoms with Gasteiger partial charge in [-0.25, -0.2) is 9.97 Å². The summed E-state index contributed by atoms with van der Waals surface area (Å²) in [6.07, 6.45) is 2.37. The third-order valence-electron chi connectivity index (χ3n) is 5.26. The smallest absolute Gasteiger partial charge is 0.134 e. The van der Waals surface area contributed by atoms with Gasteiger partial charge >= 0.3 is 0 Å². The maximum Gasteiger partial charge on any atom is 0.134 e. The number of aliphatic hydroxyl groups is 1. The van der Waals surface area contributed by atoms with E-state index in [0.29, 0.717) is 24.9 Å². The number of hydrogen-bond donors (Lipinski definition) is 3. The van der Waals surface area contributed by atoms with Gasteiger partial charge in [-0.15, -0.1) is 0 Å². The number of aryl methyl sites for hydroxylation is 1. The molecule has 0 aromatic carbocycles. The molecule has 1 aromatic rings. The van der Waals surface area contributed by atoms with E-state index in [2.05, 4.69) is 37.6 Å². The van der Waals surface area contributed by atoms with Crippen molar-refractivity contribution in [3.05, 3.63) is 11.9 Å². The maximum atomic E-state index is 10.5. The topological polar surface area (TPSA) is 85.7 Å². The summed E-state index contributed by atoms with van der Waals surface area (Å²) in [5, 5.41) is 18.1. The fourth-order valence-electron chi connectivity index (χ4n) is 3.39. The number of hydrazone groups is 1. The molecule has 3 heterocycles. The summed E-state index contributed by atoms with van der Waals surface area (Å²) in [6.45, 7) is 7.40. The van der Waals surface area contributed by atoms with Gasteiger partial charge < -0.3 is 15.3 Å². The van der Waals surface area contributed by atoms with Crippen LogP contribution in [0.4, 0.5) is 11.6 Å². The number of nitrogens with one attached hydrogen (secondary N) is 2. The maximum absolute atomic E-state index is 10.5. The molecule has 1 aromatic heterocycles. The van der Waals surface area contributed by atoms with Gasteiger partial charge in [-0.05, 0) is 32.6 Å². The van der Waals surface area contributed by atoms with E-state index in [0.717, 1.165) is 36.0 Å². The van der Waals surface area contributed by atoms with Gasteiger partial charge in [0.25, 0.3) is 0 Å². The van der Waals surface area contributed by atoms with Gasteiger partial charge in [0, 0.05) is 17.7 Å². The first kappa shape index (κ1) is 14.7. The summed E-state index contributed by atoms with van der Waals surface area (Å²) in [5.41, 5.74) is 3.69. The van der Waals surface area contributed by atoms with Crippen LogP contribution in [0.3, 0.4) is 0 Å². The number of anilines is 2. The Hall–Kier alpha value is -1.89. The molecule has 2 aliphatic heterocycles. The molecule has 0 spiro atoms. The van der Waals surface area contributed by atoms with Crippen LogP contribution >= 0.6 is 0 Å². The summed E-state index contributed by atoms with van der Waals surface area (Å²) in [4.78, 5) is 11.1. The van der Waals surface area contributed by atoms with E-state index in [1.54, 1.807) is 0 Å². The molecule has 7 heteroatoms. The van der Waals surface area contributed by atoms with Crippen molar-refractivity contribution in [1.29, 1.82) is 0 Å². The molecule has 1 unspecified atom stereocenters. The van der Waals surface area contributed by atoms with Gasteiger partial charge in [0.2, 0.25) is 0 Å². The van der Waals surface area contributed by atoms with Crippen molar-refractivity contribution < 1.29 is 5.11 Å². The van der Waals surface area contributed by atoms with Crippen LogP contribution in [0, 0.1) is 18.8 Å². The third-order valence-corrected chi connectivity index (χ3v) is 5.26. The number of rotatable bonds is 4. The molecular weight excluding hydrogens is 292 g/mol. The predicted molar refractivity (Wildman–Crippen MR) is 89.5 cm³/mol. The largest absolute Gasteiger partial charge is 0.386 e. The Morgan fingerprint density at radius 1 is 1.30 bits per heavy atom. The third kappa shape index (κ3) is 2.63. The van der Waals surface area contributed by atoms with Crippen molar-refractivity contribution in [1.82, 2.24) is 15.4 Å². The van der Waals surface area contributed by atoms with Crippen LogP contribution in [0.2, 0.25) is 0 Å². The first-order chi connectivity index (χ1) is 10.9. The van der Waals surface area contributed by atoms with Crippen LogP contribution in [-0.4, -0.2) is 45.6 Å². The zero-order valence-electron chi connectivity index (χ0n) is 13.9. The highest BCUT2D eigenvalue weighted by atomic mass is 16.3. The second-order valence-electron chi connectivity index (χ2n) is 7.19. The van der Waals surface area contributed by atoms with Crippen molar-refractivity contribution in [2.45, 2.75) is 45.4 Å². The number of hydrogen-bond acceptors (Lipinski definition) is 7. The summed E-state index contributed by atoms with van der Waals surface area (Å²) in [5.74, 6) is 3.22. The summed E-state index contributed by atoms with van der Waals surface area (Å²) >= 11 is 0. The fraction of sp³-hybridized carbons (Fsp3) is 0.688. The van der Waals surface area contributed by atoms with Crippen LogP contribution in [0.1, 0.15) is 32.5 Å². The van der Waals surface area contributed by atoms with E-state index in [1.807, 2.05) is 19.9 Å². The Labute approximate surface area is 136 Å². The van der Waals surface area contributed by atoms with E-state index >= 15 is 0 Å². The van der Waals surface area contributed by atoms with Crippen molar-refractivity contribution in [3.63, 3.8) is 0 Å². The van der Waals surface area contributed by atoms with Crippen molar-refractivity contribution in [2.75, 3.05) is 23.3 Å². The second kappa shape index (κ2) is 5.06. The van der Waals surface area contributed by atoms with E-state index in [9.17, 15) is 5.11 Å². The molecule has 4 rings (SSSR count). The average molecular weight is 316 g/mol. The molecule has 23 heavy (non-hydrogen) atoms. The van der Waals surface area contributed by atoms with E-state index in [1.165, 1.54) is 0 Å². The molecule has 0 radical (unpaired) electrons. The lowest BCUT2D eigenvalue weighted by Crippen LogP contribution is -2.63. The lowest BCUT2D eigenvalue weighted by Gasteiger charge is -2.47. The zero-order chi connectivity index (χ0) is 16.2. The Morgan fingerprint density at radius 3 is 2.65 bits per heavy atom. The molecule has 3 N–H and O–H groups in total. The average Bonchev–Trinajstić information content (AvgIpc) is 3.27. The van der Waals surface area contributed by atoms with Crippen LogP contribution < -0.4 is 15.6 Å². The molecule has 1 aliphatic carbocycles. The molecule has 3 aliphatic rings. The summed E-state index contributed by atoms with van der Waals surface area (Å²) in [7, 11) is 0. The lowest BCUT2D eigenvalue weighted by atomic mass is 9.89. The first-order valence-electron chi connectivity index (χ1n) is 8.34. The Bertz CT molecular complexity index is 650. The van der Waals surface area contributed by atoms with Crippen molar-refractivity contribution in [2.24, 2.45) is 16.9 Å². The molecule has 7 nitrogen and oxygen atoms in total. The van der Waals surface area contributed by atoms with Gasteiger partial charge in [-0.3, -0.25) is 5.43 Å². The quantitative estimate of drug-likeness (QED) is 0.771. The number of β-amino-alcohol motifs (C(OH)–C–C–N with tert-alkyl or cyclic N) is 1. The molecule has 0 amide bonds. The molecule has 0 bridgehead atoms. The highest BCUT2D eigenvalue weighted by molar-refractivity contribution is 5.86. The zero-order valence-corrected chi connectivity index (χ0v) is 13.9. The van der Waals surface area contributed by atoms with Crippen LogP contribution in [0.5, 0.6) is 0 Å². The van der Waals surface area contributed by atoms with Crippen molar-refractivity contribution >= 4 is 17.3 Å². The van der Waals surface area contributed by atoms with Gasteiger partial charge in [-0.2, -0.15) is 5.10 Å². The SMILES string of the molecule is CC1=NNC(Nc2cc(N3CC(O)(C4CC4)C3)nc(C)n2)[C@H]1C. The van der Waals surface area contributed by atoms with Crippen molar-refractivity contribution in [3.8, 4) is 0 Å². The van der Waals surface area contributed by atoms with Gasteiger partial charge in [0.15, 0.2) is 0 Å². The number of nitrogens with zero attached hydrogens (tertiary/aromatic N) is 4. The Morgan fingerprint density at radius 2 is 2.04 bits per heavy atom. The minimum absolute atomic E-state index is 0.0527. The van der Waals surface area contributed by atoms with E-state index in [4.69, 9.17) is 0 Å². The highest BCUT2D eigenvalue weighted by Gasteiger charge is 2.52. The summed E-state index contributed by atoms with van der Waals surface area (Å²) in [6, 6.07) is 1.96. The molecule has 2 atom stereocenters. The van der Waals surface area contributed by atoms with E-state index < -0.39 is 5.60 Å². The number of aromatic nitrogens is 2. The monoisotopic (exact) mass is 316 g/mol. The molecule has 1 saturated carbocycles. The molecule has 1 saturated heterocycles. The molecular formula is C16H24N6O. The lowest BCUT2D eigenvalue weighted by molar-refractivity contribution is -0.00976. The first-order valence-corrected chi connectivity index (χ1v) is 8.34. The standard InChI is InChI=1S/C16H24N6O/c1-9-10(2)20-21-15(9)19-13-6-14(18-11(3)17-13)22-7-16(23,8-22)12-4-5-12/h6,9,12,15,21,23H,4-5,7-8H2,1-3H3,(H,17,18,19)/t9-,15?/m0/s1. The minimum Gasteiger partial charge on any atom is -0.386 e. The fourth-order valence-corrected chi connectivity index (χ4v) is 3.39. The predicted octanol–water partition coefficient (Wildman–Crippen LogP) is 1.10. The molecule has 124 valence electrons. The minimum atomic E-state index is -0.501. The van der Waals surface area contributed by atoms with Gasteiger partial charge in [-0.1, -0.05) is 6.92 Å². The van der Waals surface area contributed by atoms with Gasteiger partial charge in [0.05, 0.1) is 13.1 Å². The van der Waals surface area contributed by atoms with Crippen LogP contribution in [-0.2, 0) is 0 Å². The summed E-state index contributed by atoms with van der Waals surface area (Å²) < 4.78 is 0. The second-order valence-corrected chi connectivity index (χ2v) is 7.19. The van der Waals surface area contributed by atoms with Gasteiger partial charge in [0.1, 0.15) is 29.2 Å². The Kier molecular flexibility index (Phi) is 3.23. The van der Waals surface area contributed by atoms with Crippen LogP contribution in [0.15, 0.2) is 11.2 Å². The molecule has 2 fully saturated rings. The Balaban J connectivity index is 1.46. The normalized spacial score (nSPS) is 28.9.